The third-order valence-electron chi connectivity index (χ3n) is 3.97. The van der Waals surface area contributed by atoms with Gasteiger partial charge in [-0.2, -0.15) is 0 Å². The van der Waals surface area contributed by atoms with Crippen LogP contribution in [-0.2, 0) is 11.3 Å². The Hall–Kier alpha value is -2.72. The molecule has 0 aliphatic heterocycles. The van der Waals surface area contributed by atoms with Crippen LogP contribution >= 0.6 is 11.8 Å². The first-order valence-electron chi connectivity index (χ1n) is 9.21. The molecule has 0 aliphatic rings. The number of nitrogens with two attached hydrogens (primary N) is 1. The third-order valence-corrected chi connectivity index (χ3v) is 5.01. The van der Waals surface area contributed by atoms with Crippen molar-refractivity contribution >= 4 is 17.7 Å². The molecule has 3 N–H and O–H groups in total. The number of benzene rings is 1. The number of amides is 1. The molecule has 0 bridgehead atoms. The van der Waals surface area contributed by atoms with Gasteiger partial charge < -0.3 is 11.1 Å². The Kier molecular flexibility index (Phi) is 10.5. The zero-order chi connectivity index (χ0) is 20.9. The van der Waals surface area contributed by atoms with Crippen molar-refractivity contribution in [3.05, 3.63) is 101 Å². The standard InChI is InChI=1S/C24H30N2OS/c1-6-10-21(8-3)28-22-15-13-20(14-16-22)17-26-24(27)23(19(5)25)12-9-11-18(4)7-2/h6,8-16H,1,3,7,17,25H2,2,4-5H3,(H,26,27)/b12-9-,18-11?,21-10+,23-19-. The molecule has 1 rings (SSSR count). The van der Waals surface area contributed by atoms with Crippen molar-refractivity contribution in [2.45, 2.75) is 38.6 Å². The van der Waals surface area contributed by atoms with E-state index in [-0.39, 0.29) is 5.91 Å². The molecule has 1 amide bonds. The van der Waals surface area contributed by atoms with Crippen molar-refractivity contribution in [1.82, 2.24) is 5.32 Å². The molecule has 1 aromatic rings. The molecule has 3 nitrogen and oxygen atoms in total. The predicted octanol–water partition coefficient (Wildman–Crippen LogP) is 5.80. The molecule has 1 aromatic carbocycles. The van der Waals surface area contributed by atoms with Crippen LogP contribution in [0.1, 0.15) is 32.8 Å². The summed E-state index contributed by atoms with van der Waals surface area (Å²) >= 11 is 1.61. The fourth-order valence-corrected chi connectivity index (χ4v) is 2.95. The Labute approximate surface area is 173 Å². The van der Waals surface area contributed by atoms with Gasteiger partial charge in [0.05, 0.1) is 5.57 Å². The number of carbonyl (C=O) groups excluding carboxylic acids is 1. The van der Waals surface area contributed by atoms with Gasteiger partial charge in [0.25, 0.3) is 5.91 Å². The molecule has 0 atom stereocenters. The molecule has 4 heteroatoms. The minimum Gasteiger partial charge on any atom is -0.402 e. The van der Waals surface area contributed by atoms with Gasteiger partial charge in [0.1, 0.15) is 0 Å². The number of rotatable bonds is 10. The largest absolute Gasteiger partial charge is 0.402 e. The minimum atomic E-state index is -0.180. The number of thioether (sulfide) groups is 1. The van der Waals surface area contributed by atoms with E-state index in [9.17, 15) is 4.79 Å². The number of hydrogen-bond donors (Lipinski definition) is 2. The van der Waals surface area contributed by atoms with Gasteiger partial charge in [-0.05, 0) is 50.1 Å². The smallest absolute Gasteiger partial charge is 0.253 e. The monoisotopic (exact) mass is 394 g/mol. The number of allylic oxidation sites excluding steroid dienone is 7. The highest BCUT2D eigenvalue weighted by atomic mass is 32.2. The molecular formula is C24H30N2OS. The summed E-state index contributed by atoms with van der Waals surface area (Å²) in [4.78, 5) is 14.6. The highest BCUT2D eigenvalue weighted by molar-refractivity contribution is 8.03. The zero-order valence-electron chi connectivity index (χ0n) is 17.0. The Balaban J connectivity index is 2.73. The van der Waals surface area contributed by atoms with Gasteiger partial charge in [0.2, 0.25) is 0 Å². The highest BCUT2D eigenvalue weighted by Crippen LogP contribution is 2.27. The Morgan fingerprint density at radius 3 is 2.39 bits per heavy atom. The Bertz CT molecular complexity index is 808. The lowest BCUT2D eigenvalue weighted by Gasteiger charge is -2.09. The first kappa shape index (κ1) is 23.3. The van der Waals surface area contributed by atoms with E-state index in [4.69, 9.17) is 5.73 Å². The van der Waals surface area contributed by atoms with Crippen molar-refractivity contribution < 1.29 is 4.79 Å². The predicted molar refractivity (Wildman–Crippen MR) is 123 cm³/mol. The lowest BCUT2D eigenvalue weighted by Crippen LogP contribution is -2.25. The van der Waals surface area contributed by atoms with E-state index in [1.165, 1.54) is 5.57 Å². The second-order valence-electron chi connectivity index (χ2n) is 6.26. The van der Waals surface area contributed by atoms with Crippen LogP contribution in [-0.4, -0.2) is 5.91 Å². The van der Waals surface area contributed by atoms with Crippen molar-refractivity contribution in [2.24, 2.45) is 5.73 Å². The molecule has 0 spiro atoms. The van der Waals surface area contributed by atoms with Crippen LogP contribution in [0.3, 0.4) is 0 Å². The molecule has 0 aromatic heterocycles. The van der Waals surface area contributed by atoms with E-state index in [1.807, 2.05) is 42.5 Å². The molecule has 0 fully saturated rings. The van der Waals surface area contributed by atoms with Crippen LogP contribution in [0.5, 0.6) is 0 Å². The van der Waals surface area contributed by atoms with E-state index < -0.39 is 0 Å². The second-order valence-corrected chi connectivity index (χ2v) is 7.41. The van der Waals surface area contributed by atoms with Crippen LogP contribution in [0.2, 0.25) is 0 Å². The Morgan fingerprint density at radius 2 is 1.86 bits per heavy atom. The minimum absolute atomic E-state index is 0.180. The molecule has 0 heterocycles. The summed E-state index contributed by atoms with van der Waals surface area (Å²) in [7, 11) is 0. The van der Waals surface area contributed by atoms with Gasteiger partial charge in [-0.1, -0.05) is 73.9 Å². The summed E-state index contributed by atoms with van der Waals surface area (Å²) in [5.74, 6) is -0.180. The first-order chi connectivity index (χ1) is 13.4. The number of hydrogen-bond acceptors (Lipinski definition) is 3. The summed E-state index contributed by atoms with van der Waals surface area (Å²) in [6.07, 6.45) is 12.0. The van der Waals surface area contributed by atoms with Crippen LogP contribution < -0.4 is 11.1 Å². The van der Waals surface area contributed by atoms with Crippen LogP contribution in [0.25, 0.3) is 0 Å². The molecule has 0 unspecified atom stereocenters. The lowest BCUT2D eigenvalue weighted by atomic mass is 10.1. The van der Waals surface area contributed by atoms with Gasteiger partial charge >= 0.3 is 0 Å². The Morgan fingerprint density at radius 1 is 1.18 bits per heavy atom. The van der Waals surface area contributed by atoms with Crippen molar-refractivity contribution in [3.8, 4) is 0 Å². The molecule has 28 heavy (non-hydrogen) atoms. The van der Waals surface area contributed by atoms with Crippen molar-refractivity contribution in [2.75, 3.05) is 0 Å². The fraction of sp³-hybridized carbons (Fsp3) is 0.208. The van der Waals surface area contributed by atoms with E-state index in [2.05, 4.69) is 32.3 Å². The molecule has 0 radical (unpaired) electrons. The van der Waals surface area contributed by atoms with Gasteiger partial charge in [-0.3, -0.25) is 4.79 Å². The summed E-state index contributed by atoms with van der Waals surface area (Å²) < 4.78 is 0. The van der Waals surface area contributed by atoms with Crippen molar-refractivity contribution in [1.29, 1.82) is 0 Å². The maximum absolute atomic E-state index is 12.5. The highest BCUT2D eigenvalue weighted by Gasteiger charge is 2.08. The van der Waals surface area contributed by atoms with E-state index in [1.54, 1.807) is 36.9 Å². The summed E-state index contributed by atoms with van der Waals surface area (Å²) in [6, 6.07) is 8.05. The number of carbonyl (C=O) groups is 1. The second kappa shape index (κ2) is 12.6. The van der Waals surface area contributed by atoms with Gasteiger partial charge in [0, 0.05) is 22.0 Å². The SMILES string of the molecule is C=C/C=C(\C=C)Sc1ccc(CNC(=O)C(/C=C\C=C(C)CC)=C(/C)N)cc1. The van der Waals surface area contributed by atoms with Gasteiger partial charge in [0.15, 0.2) is 0 Å². The molecule has 0 saturated heterocycles. The van der Waals surface area contributed by atoms with Crippen LogP contribution in [0, 0.1) is 0 Å². The molecule has 0 aliphatic carbocycles. The average Bonchev–Trinajstić information content (AvgIpc) is 2.69. The van der Waals surface area contributed by atoms with Gasteiger partial charge in [-0.15, -0.1) is 0 Å². The molecule has 148 valence electrons. The fourth-order valence-electron chi connectivity index (χ4n) is 2.16. The third kappa shape index (κ3) is 8.31. The molecule has 0 saturated carbocycles. The van der Waals surface area contributed by atoms with Crippen LogP contribution in [0.4, 0.5) is 0 Å². The van der Waals surface area contributed by atoms with E-state index in [0.29, 0.717) is 17.8 Å². The molecular weight excluding hydrogens is 364 g/mol. The quantitative estimate of drug-likeness (QED) is 0.300. The van der Waals surface area contributed by atoms with Crippen LogP contribution in [0.15, 0.2) is 101 Å². The lowest BCUT2D eigenvalue weighted by molar-refractivity contribution is -0.117. The summed E-state index contributed by atoms with van der Waals surface area (Å²) in [6.45, 7) is 13.8. The maximum atomic E-state index is 12.5. The first-order valence-corrected chi connectivity index (χ1v) is 10.0. The zero-order valence-corrected chi connectivity index (χ0v) is 17.8. The normalized spacial score (nSPS) is 13.2. The topological polar surface area (TPSA) is 55.1 Å². The van der Waals surface area contributed by atoms with Crippen molar-refractivity contribution in [3.63, 3.8) is 0 Å². The summed E-state index contributed by atoms with van der Waals surface area (Å²) in [5, 5.41) is 2.93. The number of nitrogens with one attached hydrogen (secondary N) is 1. The van der Waals surface area contributed by atoms with E-state index >= 15 is 0 Å². The maximum Gasteiger partial charge on any atom is 0.253 e. The summed E-state index contributed by atoms with van der Waals surface area (Å²) in [5.41, 5.74) is 9.12. The van der Waals surface area contributed by atoms with Gasteiger partial charge in [-0.25, -0.2) is 0 Å². The van der Waals surface area contributed by atoms with E-state index in [0.717, 1.165) is 21.8 Å². The average molecular weight is 395 g/mol.